The summed E-state index contributed by atoms with van der Waals surface area (Å²) in [5.41, 5.74) is 1.07. The molecule has 0 spiro atoms. The van der Waals surface area contributed by atoms with E-state index in [2.05, 4.69) is 24.4 Å². The predicted molar refractivity (Wildman–Crippen MR) is 77.7 cm³/mol. The van der Waals surface area contributed by atoms with Gasteiger partial charge in [-0.1, -0.05) is 36.8 Å². The molecule has 19 heavy (non-hydrogen) atoms. The first-order valence-electron chi connectivity index (χ1n) is 7.20. The quantitative estimate of drug-likeness (QED) is 0.852. The second kappa shape index (κ2) is 6.20. The Kier molecular flexibility index (Phi) is 4.59. The summed E-state index contributed by atoms with van der Waals surface area (Å²) < 4.78 is 0. The maximum Gasteiger partial charge on any atom is 0.230 e. The second-order valence-electron chi connectivity index (χ2n) is 5.47. The molecular weight excluding hydrogens is 236 g/mol. The zero-order valence-electron chi connectivity index (χ0n) is 12.0. The minimum atomic E-state index is -0.139. The molecule has 1 aliphatic carbocycles. The number of carbonyl (C=O) groups excluding carboxylic acids is 1. The number of benzene rings is 1. The van der Waals surface area contributed by atoms with Crippen molar-refractivity contribution in [3.8, 4) is 0 Å². The first-order valence-corrected chi connectivity index (χ1v) is 7.20. The van der Waals surface area contributed by atoms with Crippen LogP contribution in [0.2, 0.25) is 0 Å². The highest BCUT2D eigenvalue weighted by molar-refractivity contribution is 5.84. The number of hydrogen-bond donors (Lipinski definition) is 1. The Hall–Kier alpha value is -1.35. The number of nitrogens with zero attached hydrogens (tertiary/aromatic N) is 1. The van der Waals surface area contributed by atoms with Crippen molar-refractivity contribution in [1.29, 1.82) is 0 Å². The molecule has 1 saturated carbocycles. The Morgan fingerprint density at radius 3 is 2.47 bits per heavy atom. The molecule has 3 heteroatoms. The van der Waals surface area contributed by atoms with Gasteiger partial charge in [0.25, 0.3) is 0 Å². The van der Waals surface area contributed by atoms with Crippen molar-refractivity contribution in [2.24, 2.45) is 5.41 Å². The van der Waals surface area contributed by atoms with Crippen molar-refractivity contribution in [3.05, 3.63) is 35.9 Å². The molecule has 0 bridgehead atoms. The highest BCUT2D eigenvalue weighted by Gasteiger charge is 2.45. The van der Waals surface area contributed by atoms with E-state index in [4.69, 9.17) is 0 Å². The minimum absolute atomic E-state index is 0.139. The highest BCUT2D eigenvalue weighted by atomic mass is 16.2. The predicted octanol–water partition coefficient (Wildman–Crippen LogP) is 2.42. The topological polar surface area (TPSA) is 32.3 Å². The standard InChI is InChI=1S/C16H24N2O/c1-3-18(12-14-8-5-4-6-9-14)15(19)16(13-17-2)10-7-11-16/h4-6,8-9,17H,3,7,10-13H2,1-2H3. The van der Waals surface area contributed by atoms with Crippen LogP contribution in [0.15, 0.2) is 30.3 Å². The molecule has 0 saturated heterocycles. The monoisotopic (exact) mass is 260 g/mol. The van der Waals surface area contributed by atoms with Crippen LogP contribution in [-0.4, -0.2) is 30.9 Å². The summed E-state index contributed by atoms with van der Waals surface area (Å²) in [6.45, 7) is 4.37. The maximum atomic E-state index is 12.8. The molecular formula is C16H24N2O. The average Bonchev–Trinajstić information content (AvgIpc) is 2.40. The Morgan fingerprint density at radius 1 is 1.32 bits per heavy atom. The SMILES string of the molecule is CCN(Cc1ccccc1)C(=O)C1(CNC)CCC1. The van der Waals surface area contributed by atoms with Gasteiger partial charge < -0.3 is 10.2 Å². The largest absolute Gasteiger partial charge is 0.338 e. The first kappa shape index (κ1) is 14.1. The summed E-state index contributed by atoms with van der Waals surface area (Å²) in [6, 6.07) is 10.2. The van der Waals surface area contributed by atoms with Gasteiger partial charge in [0.15, 0.2) is 0 Å². The molecule has 3 nitrogen and oxygen atoms in total. The van der Waals surface area contributed by atoms with Crippen molar-refractivity contribution in [2.45, 2.75) is 32.7 Å². The second-order valence-corrected chi connectivity index (χ2v) is 5.47. The fourth-order valence-corrected chi connectivity index (χ4v) is 2.87. The Balaban J connectivity index is 2.06. The smallest absolute Gasteiger partial charge is 0.230 e. The van der Waals surface area contributed by atoms with Crippen LogP contribution < -0.4 is 5.32 Å². The molecule has 1 aliphatic rings. The van der Waals surface area contributed by atoms with Crippen LogP contribution in [0.1, 0.15) is 31.7 Å². The minimum Gasteiger partial charge on any atom is -0.338 e. The molecule has 0 aromatic heterocycles. The van der Waals surface area contributed by atoms with Crippen molar-refractivity contribution in [3.63, 3.8) is 0 Å². The third-order valence-corrected chi connectivity index (χ3v) is 4.16. The lowest BCUT2D eigenvalue weighted by Crippen LogP contribution is -2.52. The van der Waals surface area contributed by atoms with Crippen LogP contribution in [0, 0.1) is 5.41 Å². The molecule has 0 atom stereocenters. The normalized spacial score (nSPS) is 16.7. The summed E-state index contributed by atoms with van der Waals surface area (Å²) in [6.07, 6.45) is 3.23. The zero-order chi connectivity index (χ0) is 13.7. The number of carbonyl (C=O) groups is 1. The Labute approximate surface area is 116 Å². The van der Waals surface area contributed by atoms with Gasteiger partial charge in [0.2, 0.25) is 5.91 Å². The van der Waals surface area contributed by atoms with E-state index < -0.39 is 0 Å². The van der Waals surface area contributed by atoms with Gasteiger partial charge in [0.1, 0.15) is 0 Å². The summed E-state index contributed by atoms with van der Waals surface area (Å²) in [7, 11) is 1.93. The summed E-state index contributed by atoms with van der Waals surface area (Å²) in [4.78, 5) is 14.8. The van der Waals surface area contributed by atoms with Gasteiger partial charge in [-0.05, 0) is 32.4 Å². The third kappa shape index (κ3) is 2.98. The van der Waals surface area contributed by atoms with Gasteiger partial charge in [0, 0.05) is 19.6 Å². The molecule has 104 valence electrons. The summed E-state index contributed by atoms with van der Waals surface area (Å²) in [5.74, 6) is 0.319. The molecule has 1 N–H and O–H groups in total. The fraction of sp³-hybridized carbons (Fsp3) is 0.562. The number of hydrogen-bond acceptors (Lipinski definition) is 2. The lowest BCUT2D eigenvalue weighted by Gasteiger charge is -2.43. The van der Waals surface area contributed by atoms with Crippen LogP contribution in [0.25, 0.3) is 0 Å². The number of rotatable bonds is 6. The van der Waals surface area contributed by atoms with Crippen LogP contribution in [0.3, 0.4) is 0 Å². The molecule has 0 unspecified atom stereocenters. The van der Waals surface area contributed by atoms with Gasteiger partial charge in [-0.3, -0.25) is 4.79 Å². The van der Waals surface area contributed by atoms with E-state index in [1.54, 1.807) is 0 Å². The van der Waals surface area contributed by atoms with E-state index in [0.717, 1.165) is 32.5 Å². The van der Waals surface area contributed by atoms with Gasteiger partial charge in [-0.2, -0.15) is 0 Å². The van der Waals surface area contributed by atoms with Crippen molar-refractivity contribution in [1.82, 2.24) is 10.2 Å². The van der Waals surface area contributed by atoms with Crippen LogP contribution in [0.4, 0.5) is 0 Å². The first-order chi connectivity index (χ1) is 9.22. The van der Waals surface area contributed by atoms with Crippen LogP contribution >= 0.6 is 0 Å². The number of nitrogens with one attached hydrogen (secondary N) is 1. The molecule has 0 aliphatic heterocycles. The molecule has 0 radical (unpaired) electrons. The summed E-state index contributed by atoms with van der Waals surface area (Å²) in [5, 5.41) is 3.19. The summed E-state index contributed by atoms with van der Waals surface area (Å²) >= 11 is 0. The van der Waals surface area contributed by atoms with Gasteiger partial charge >= 0.3 is 0 Å². The van der Waals surface area contributed by atoms with Gasteiger partial charge in [-0.15, -0.1) is 0 Å². The highest BCUT2D eigenvalue weighted by Crippen LogP contribution is 2.42. The molecule has 1 amide bonds. The van der Waals surface area contributed by atoms with Gasteiger partial charge in [0.05, 0.1) is 5.41 Å². The van der Waals surface area contributed by atoms with Crippen molar-refractivity contribution < 1.29 is 4.79 Å². The Bertz CT molecular complexity index is 412. The van der Waals surface area contributed by atoms with E-state index in [9.17, 15) is 4.79 Å². The third-order valence-electron chi connectivity index (χ3n) is 4.16. The fourth-order valence-electron chi connectivity index (χ4n) is 2.87. The molecule has 0 heterocycles. The molecule has 1 aromatic rings. The maximum absolute atomic E-state index is 12.8. The molecule has 2 rings (SSSR count). The molecule has 1 fully saturated rings. The van der Waals surface area contributed by atoms with Crippen LogP contribution in [-0.2, 0) is 11.3 Å². The lowest BCUT2D eigenvalue weighted by molar-refractivity contribution is -0.147. The number of amides is 1. The van der Waals surface area contributed by atoms with Crippen molar-refractivity contribution in [2.75, 3.05) is 20.1 Å². The van der Waals surface area contributed by atoms with Gasteiger partial charge in [-0.25, -0.2) is 0 Å². The average molecular weight is 260 g/mol. The van der Waals surface area contributed by atoms with Crippen molar-refractivity contribution >= 4 is 5.91 Å². The lowest BCUT2D eigenvalue weighted by atomic mass is 9.67. The van der Waals surface area contributed by atoms with E-state index >= 15 is 0 Å². The van der Waals surface area contributed by atoms with E-state index in [-0.39, 0.29) is 5.41 Å². The van der Waals surface area contributed by atoms with E-state index in [1.165, 1.54) is 12.0 Å². The van der Waals surface area contributed by atoms with E-state index in [0.29, 0.717) is 5.91 Å². The van der Waals surface area contributed by atoms with Crippen LogP contribution in [0.5, 0.6) is 0 Å². The zero-order valence-corrected chi connectivity index (χ0v) is 12.0. The van der Waals surface area contributed by atoms with E-state index in [1.807, 2.05) is 30.1 Å². The Morgan fingerprint density at radius 2 is 2.00 bits per heavy atom. The molecule has 1 aromatic carbocycles.